The monoisotopic (exact) mass is 313 g/mol. The fraction of sp³-hybridized carbons (Fsp3) is 0.812. The fourth-order valence-corrected chi connectivity index (χ4v) is 1.68. The lowest BCUT2D eigenvalue weighted by Crippen LogP contribution is -2.40. The molecule has 1 atom stereocenters. The van der Waals surface area contributed by atoms with Crippen molar-refractivity contribution in [1.29, 1.82) is 0 Å². The Morgan fingerprint density at radius 1 is 1.27 bits per heavy atom. The van der Waals surface area contributed by atoms with Crippen LogP contribution in [-0.2, 0) is 9.53 Å². The van der Waals surface area contributed by atoms with Crippen molar-refractivity contribution in [2.24, 2.45) is 11.0 Å². The van der Waals surface area contributed by atoms with E-state index in [1.807, 2.05) is 34.6 Å². The molecule has 0 spiro atoms. The number of alkyl carbamates (subject to hydrolysis) is 1. The smallest absolute Gasteiger partial charge is 0.408 e. The van der Waals surface area contributed by atoms with Crippen LogP contribution >= 0.6 is 0 Å². The van der Waals surface area contributed by atoms with Gasteiger partial charge in [0.25, 0.3) is 0 Å². The first-order chi connectivity index (χ1) is 10.1. The quantitative estimate of drug-likeness (QED) is 0.533. The van der Waals surface area contributed by atoms with Crippen LogP contribution in [0.3, 0.4) is 0 Å². The molecule has 22 heavy (non-hydrogen) atoms. The topological polar surface area (TPSA) is 79.8 Å². The van der Waals surface area contributed by atoms with Gasteiger partial charge < -0.3 is 10.1 Å². The van der Waals surface area contributed by atoms with Gasteiger partial charge in [-0.1, -0.05) is 33.6 Å². The highest BCUT2D eigenvalue weighted by Gasteiger charge is 2.18. The number of rotatable bonds is 8. The lowest BCUT2D eigenvalue weighted by Gasteiger charge is -2.22. The molecule has 128 valence electrons. The van der Waals surface area contributed by atoms with Gasteiger partial charge in [0.05, 0.1) is 6.04 Å². The minimum atomic E-state index is -0.540. The van der Waals surface area contributed by atoms with E-state index in [-0.39, 0.29) is 17.9 Å². The first kappa shape index (κ1) is 20.4. The van der Waals surface area contributed by atoms with Gasteiger partial charge in [-0.3, -0.25) is 4.79 Å². The third kappa shape index (κ3) is 12.2. The van der Waals surface area contributed by atoms with Crippen LogP contribution in [0.4, 0.5) is 4.79 Å². The second kappa shape index (κ2) is 10.2. The van der Waals surface area contributed by atoms with Crippen molar-refractivity contribution in [2.75, 3.05) is 0 Å². The highest BCUT2D eigenvalue weighted by Crippen LogP contribution is 2.07. The Labute approximate surface area is 134 Å². The van der Waals surface area contributed by atoms with E-state index in [0.29, 0.717) is 6.42 Å². The summed E-state index contributed by atoms with van der Waals surface area (Å²) < 4.78 is 5.23. The fourth-order valence-electron chi connectivity index (χ4n) is 1.68. The number of ether oxygens (including phenoxy) is 1. The Hall–Kier alpha value is -1.59. The lowest BCUT2D eigenvalue weighted by atomic mass is 10.1. The average Bonchev–Trinajstić information content (AvgIpc) is 2.32. The van der Waals surface area contributed by atoms with Gasteiger partial charge in [-0.15, -0.1) is 0 Å². The molecule has 0 aromatic carbocycles. The average molecular weight is 313 g/mol. The number of hydrogen-bond donors (Lipinski definition) is 2. The molecule has 2 N–H and O–H groups in total. The maximum absolute atomic E-state index is 11.8. The first-order valence-electron chi connectivity index (χ1n) is 7.95. The largest absolute Gasteiger partial charge is 0.444 e. The highest BCUT2D eigenvalue weighted by atomic mass is 16.6. The van der Waals surface area contributed by atoms with Gasteiger partial charge in [0.2, 0.25) is 5.91 Å². The molecule has 2 amide bonds. The number of carbonyl (C=O) groups is 2. The Balaban J connectivity index is 4.44. The molecule has 0 rings (SSSR count). The number of hydrogen-bond acceptors (Lipinski definition) is 4. The van der Waals surface area contributed by atoms with Crippen molar-refractivity contribution < 1.29 is 14.3 Å². The molecule has 0 fully saturated rings. The summed E-state index contributed by atoms with van der Waals surface area (Å²) in [6.45, 7) is 11.5. The highest BCUT2D eigenvalue weighted by molar-refractivity contribution is 5.79. The molecule has 0 saturated heterocycles. The van der Waals surface area contributed by atoms with E-state index in [0.717, 1.165) is 19.3 Å². The molecule has 0 aromatic heterocycles. The summed E-state index contributed by atoms with van der Waals surface area (Å²) in [6, 6.07) is -0.255. The lowest BCUT2D eigenvalue weighted by molar-refractivity contribution is -0.121. The molecule has 0 aliphatic heterocycles. The van der Waals surface area contributed by atoms with Gasteiger partial charge >= 0.3 is 6.09 Å². The van der Waals surface area contributed by atoms with Gasteiger partial charge in [0.15, 0.2) is 0 Å². The van der Waals surface area contributed by atoms with E-state index < -0.39 is 11.7 Å². The Kier molecular flexibility index (Phi) is 9.45. The third-order valence-corrected chi connectivity index (χ3v) is 2.61. The van der Waals surface area contributed by atoms with Crippen molar-refractivity contribution in [1.82, 2.24) is 10.7 Å². The van der Waals surface area contributed by atoms with Crippen molar-refractivity contribution >= 4 is 18.2 Å². The van der Waals surface area contributed by atoms with Crippen molar-refractivity contribution in [3.63, 3.8) is 0 Å². The maximum atomic E-state index is 11.8. The van der Waals surface area contributed by atoms with Crippen molar-refractivity contribution in [3.05, 3.63) is 0 Å². The normalized spacial score (nSPS) is 13.2. The SMILES string of the molecule is CCCC[C@@H](/C=N/NC(=O)CC(C)C)NC(=O)OC(C)(C)C. The maximum Gasteiger partial charge on any atom is 0.408 e. The molecule has 0 aliphatic rings. The Bertz CT molecular complexity index is 373. The van der Waals surface area contributed by atoms with Crippen LogP contribution in [0.15, 0.2) is 5.10 Å². The van der Waals surface area contributed by atoms with Crippen LogP contribution in [-0.4, -0.2) is 29.9 Å². The number of carbonyl (C=O) groups excluding carboxylic acids is 2. The summed E-state index contributed by atoms with van der Waals surface area (Å²) >= 11 is 0. The minimum absolute atomic E-state index is 0.127. The number of unbranched alkanes of at least 4 members (excludes halogenated alkanes) is 1. The van der Waals surface area contributed by atoms with Crippen LogP contribution in [0.2, 0.25) is 0 Å². The first-order valence-corrected chi connectivity index (χ1v) is 7.95. The van der Waals surface area contributed by atoms with Crippen LogP contribution in [0, 0.1) is 5.92 Å². The standard InChI is InChI=1S/C16H31N3O3/c1-7-8-9-13(18-15(21)22-16(4,5)6)11-17-19-14(20)10-12(2)3/h11-13H,7-10H2,1-6H3,(H,18,21)(H,19,20)/b17-11+/t13-/m0/s1. The predicted octanol–water partition coefficient (Wildman–Crippen LogP) is 3.22. The van der Waals surface area contributed by atoms with E-state index in [1.165, 1.54) is 0 Å². The van der Waals surface area contributed by atoms with Gasteiger partial charge in [0, 0.05) is 12.6 Å². The Morgan fingerprint density at radius 2 is 1.91 bits per heavy atom. The summed E-state index contributed by atoms with van der Waals surface area (Å²) in [6.07, 6.45) is 4.22. The van der Waals surface area contributed by atoms with E-state index in [2.05, 4.69) is 22.8 Å². The summed E-state index contributed by atoms with van der Waals surface area (Å²) in [5, 5.41) is 6.69. The van der Waals surface area contributed by atoms with E-state index in [9.17, 15) is 9.59 Å². The number of hydrazone groups is 1. The van der Waals surface area contributed by atoms with Crippen LogP contribution in [0.1, 0.15) is 67.2 Å². The van der Waals surface area contributed by atoms with E-state index in [4.69, 9.17) is 4.74 Å². The van der Waals surface area contributed by atoms with Crippen LogP contribution in [0.5, 0.6) is 0 Å². The molecule has 0 aliphatic carbocycles. The molecule has 0 saturated carbocycles. The van der Waals surface area contributed by atoms with E-state index >= 15 is 0 Å². The zero-order valence-corrected chi connectivity index (χ0v) is 14.7. The number of nitrogens with one attached hydrogen (secondary N) is 2. The minimum Gasteiger partial charge on any atom is -0.444 e. The zero-order chi connectivity index (χ0) is 17.2. The third-order valence-electron chi connectivity index (χ3n) is 2.61. The molecule has 6 heteroatoms. The summed E-state index contributed by atoms with van der Waals surface area (Å²) in [5.74, 6) is 0.156. The molecular weight excluding hydrogens is 282 g/mol. The zero-order valence-electron chi connectivity index (χ0n) is 14.7. The summed E-state index contributed by atoms with van der Waals surface area (Å²) in [5.41, 5.74) is 1.94. The van der Waals surface area contributed by atoms with Crippen LogP contribution < -0.4 is 10.7 Å². The second-order valence-electron chi connectivity index (χ2n) is 6.81. The predicted molar refractivity (Wildman–Crippen MR) is 88.8 cm³/mol. The summed E-state index contributed by atoms with van der Waals surface area (Å²) in [7, 11) is 0. The molecule has 0 aromatic rings. The van der Waals surface area contributed by atoms with E-state index in [1.54, 1.807) is 6.21 Å². The number of nitrogens with zero attached hydrogens (tertiary/aromatic N) is 1. The van der Waals surface area contributed by atoms with Gasteiger partial charge in [-0.2, -0.15) is 5.10 Å². The van der Waals surface area contributed by atoms with Crippen LogP contribution in [0.25, 0.3) is 0 Å². The second-order valence-corrected chi connectivity index (χ2v) is 6.81. The van der Waals surface area contributed by atoms with Gasteiger partial charge in [0.1, 0.15) is 5.60 Å². The molecular formula is C16H31N3O3. The molecule has 0 radical (unpaired) electrons. The van der Waals surface area contributed by atoms with Crippen molar-refractivity contribution in [3.8, 4) is 0 Å². The molecule has 6 nitrogen and oxygen atoms in total. The van der Waals surface area contributed by atoms with Crippen molar-refractivity contribution in [2.45, 2.75) is 78.9 Å². The number of amides is 2. The molecule has 0 bridgehead atoms. The van der Waals surface area contributed by atoms with Gasteiger partial charge in [-0.05, 0) is 33.1 Å². The Morgan fingerprint density at radius 3 is 2.41 bits per heavy atom. The molecule has 0 unspecified atom stereocenters. The summed E-state index contributed by atoms with van der Waals surface area (Å²) in [4.78, 5) is 23.3. The van der Waals surface area contributed by atoms with Gasteiger partial charge in [-0.25, -0.2) is 10.2 Å². The molecule has 0 heterocycles.